The molecular formula is C17H23N3O. The van der Waals surface area contributed by atoms with Gasteiger partial charge in [0.1, 0.15) is 11.6 Å². The Morgan fingerprint density at radius 3 is 3.00 bits per heavy atom. The van der Waals surface area contributed by atoms with Gasteiger partial charge in [-0.3, -0.25) is 4.90 Å². The van der Waals surface area contributed by atoms with Gasteiger partial charge < -0.3 is 9.72 Å². The summed E-state index contributed by atoms with van der Waals surface area (Å²) in [6.07, 6.45) is 3.09. The Labute approximate surface area is 126 Å². The van der Waals surface area contributed by atoms with Crippen molar-refractivity contribution in [1.29, 1.82) is 0 Å². The lowest BCUT2D eigenvalue weighted by molar-refractivity contribution is 0.302. The lowest BCUT2D eigenvalue weighted by Gasteiger charge is -2.18. The van der Waals surface area contributed by atoms with Crippen LogP contribution >= 0.6 is 0 Å². The summed E-state index contributed by atoms with van der Waals surface area (Å²) in [4.78, 5) is 10.3. The van der Waals surface area contributed by atoms with Crippen LogP contribution in [-0.4, -0.2) is 34.6 Å². The Morgan fingerprint density at radius 2 is 2.24 bits per heavy atom. The Bertz CT molecular complexity index is 593. The fraction of sp³-hybridized carbons (Fsp3) is 0.471. The van der Waals surface area contributed by atoms with Crippen molar-refractivity contribution in [3.8, 4) is 5.75 Å². The second-order valence-corrected chi connectivity index (χ2v) is 5.71. The fourth-order valence-electron chi connectivity index (χ4n) is 3.01. The van der Waals surface area contributed by atoms with Crippen molar-refractivity contribution >= 4 is 0 Å². The molecule has 3 rings (SSSR count). The predicted octanol–water partition coefficient (Wildman–Crippen LogP) is 3.11. The SMILES string of the molecule is CCOc1ccccc1CN1CCC(c2ncc(C)[nH]2)C1. The van der Waals surface area contributed by atoms with E-state index < -0.39 is 0 Å². The average molecular weight is 285 g/mol. The van der Waals surface area contributed by atoms with E-state index in [9.17, 15) is 0 Å². The van der Waals surface area contributed by atoms with Gasteiger partial charge >= 0.3 is 0 Å². The molecule has 2 aromatic rings. The number of hydrogen-bond acceptors (Lipinski definition) is 3. The first kappa shape index (κ1) is 14.1. The number of rotatable bonds is 5. The Morgan fingerprint density at radius 1 is 1.38 bits per heavy atom. The van der Waals surface area contributed by atoms with Gasteiger partial charge in [-0.15, -0.1) is 0 Å². The van der Waals surface area contributed by atoms with Crippen molar-refractivity contribution in [3.63, 3.8) is 0 Å². The van der Waals surface area contributed by atoms with Gasteiger partial charge in [0, 0.05) is 36.5 Å². The molecule has 1 saturated heterocycles. The molecule has 1 atom stereocenters. The zero-order chi connectivity index (χ0) is 14.7. The molecule has 0 radical (unpaired) electrons. The van der Waals surface area contributed by atoms with Crippen LogP contribution in [0.1, 0.15) is 36.3 Å². The summed E-state index contributed by atoms with van der Waals surface area (Å²) >= 11 is 0. The molecule has 1 unspecified atom stereocenters. The maximum absolute atomic E-state index is 5.72. The van der Waals surface area contributed by atoms with E-state index in [-0.39, 0.29) is 0 Å². The second-order valence-electron chi connectivity index (χ2n) is 5.71. The number of imidazole rings is 1. The number of benzene rings is 1. The largest absolute Gasteiger partial charge is 0.494 e. The lowest BCUT2D eigenvalue weighted by atomic mass is 10.1. The third-order valence-corrected chi connectivity index (χ3v) is 4.05. The molecule has 4 nitrogen and oxygen atoms in total. The van der Waals surface area contributed by atoms with Gasteiger partial charge in [0.25, 0.3) is 0 Å². The van der Waals surface area contributed by atoms with E-state index in [1.807, 2.05) is 19.2 Å². The van der Waals surface area contributed by atoms with Crippen molar-refractivity contribution in [2.24, 2.45) is 0 Å². The maximum atomic E-state index is 5.72. The van der Waals surface area contributed by atoms with Gasteiger partial charge in [0.2, 0.25) is 0 Å². The Balaban J connectivity index is 1.65. The smallest absolute Gasteiger partial charge is 0.123 e. The lowest BCUT2D eigenvalue weighted by Crippen LogP contribution is -2.20. The third kappa shape index (κ3) is 3.27. The second kappa shape index (κ2) is 6.31. The standard InChI is InChI=1S/C17H23N3O/c1-3-21-16-7-5-4-6-14(16)11-20-9-8-15(12-20)17-18-10-13(2)19-17/h4-7,10,15H,3,8-9,11-12H2,1-2H3,(H,18,19). The number of aryl methyl sites for hydroxylation is 1. The molecule has 4 heteroatoms. The molecule has 1 aliphatic rings. The summed E-state index contributed by atoms with van der Waals surface area (Å²) in [7, 11) is 0. The summed E-state index contributed by atoms with van der Waals surface area (Å²) in [5.41, 5.74) is 2.42. The predicted molar refractivity (Wildman–Crippen MR) is 83.6 cm³/mol. The van der Waals surface area contributed by atoms with E-state index in [1.54, 1.807) is 0 Å². The molecule has 0 amide bonds. The van der Waals surface area contributed by atoms with Crippen molar-refractivity contribution in [2.75, 3.05) is 19.7 Å². The van der Waals surface area contributed by atoms with E-state index >= 15 is 0 Å². The summed E-state index contributed by atoms with van der Waals surface area (Å²) in [6.45, 7) is 7.93. The molecule has 112 valence electrons. The number of likely N-dealkylation sites (tertiary alicyclic amines) is 1. The quantitative estimate of drug-likeness (QED) is 0.917. The van der Waals surface area contributed by atoms with Crippen LogP contribution in [0.3, 0.4) is 0 Å². The molecule has 1 aliphatic heterocycles. The number of aromatic nitrogens is 2. The fourth-order valence-corrected chi connectivity index (χ4v) is 3.01. The number of para-hydroxylation sites is 1. The first-order valence-electron chi connectivity index (χ1n) is 7.71. The molecular weight excluding hydrogens is 262 g/mol. The average Bonchev–Trinajstić information content (AvgIpc) is 3.10. The van der Waals surface area contributed by atoms with Crippen LogP contribution in [0.5, 0.6) is 5.75 Å². The summed E-state index contributed by atoms with van der Waals surface area (Å²) < 4.78 is 5.72. The number of hydrogen-bond donors (Lipinski definition) is 1. The minimum absolute atomic E-state index is 0.526. The number of nitrogens with one attached hydrogen (secondary N) is 1. The number of H-pyrrole nitrogens is 1. The first-order chi connectivity index (χ1) is 10.3. The van der Waals surface area contributed by atoms with Gasteiger partial charge in [-0.2, -0.15) is 0 Å². The number of nitrogens with zero attached hydrogens (tertiary/aromatic N) is 2. The molecule has 2 heterocycles. The van der Waals surface area contributed by atoms with Gasteiger partial charge in [-0.05, 0) is 32.9 Å². The van der Waals surface area contributed by atoms with Crippen molar-refractivity contribution in [1.82, 2.24) is 14.9 Å². The maximum Gasteiger partial charge on any atom is 0.123 e. The number of aromatic amines is 1. The van der Waals surface area contributed by atoms with E-state index in [1.165, 1.54) is 12.0 Å². The highest BCUT2D eigenvalue weighted by Crippen LogP contribution is 2.28. The molecule has 21 heavy (non-hydrogen) atoms. The Kier molecular flexibility index (Phi) is 4.25. The highest BCUT2D eigenvalue weighted by atomic mass is 16.5. The van der Waals surface area contributed by atoms with Crippen molar-refractivity contribution in [2.45, 2.75) is 32.7 Å². The molecule has 1 N–H and O–H groups in total. The van der Waals surface area contributed by atoms with E-state index in [0.717, 1.165) is 36.9 Å². The molecule has 1 fully saturated rings. The summed E-state index contributed by atoms with van der Waals surface area (Å²) in [6, 6.07) is 8.34. The van der Waals surface area contributed by atoms with E-state index in [0.29, 0.717) is 12.5 Å². The highest BCUT2D eigenvalue weighted by molar-refractivity contribution is 5.33. The molecule has 0 aliphatic carbocycles. The molecule has 0 bridgehead atoms. The minimum Gasteiger partial charge on any atom is -0.494 e. The molecule has 1 aromatic carbocycles. The van der Waals surface area contributed by atoms with E-state index in [4.69, 9.17) is 4.74 Å². The van der Waals surface area contributed by atoms with Gasteiger partial charge in [-0.25, -0.2) is 4.98 Å². The van der Waals surface area contributed by atoms with Crippen LogP contribution in [0.15, 0.2) is 30.5 Å². The minimum atomic E-state index is 0.526. The topological polar surface area (TPSA) is 41.1 Å². The van der Waals surface area contributed by atoms with Crippen LogP contribution in [0.25, 0.3) is 0 Å². The number of ether oxygens (including phenoxy) is 1. The highest BCUT2D eigenvalue weighted by Gasteiger charge is 2.26. The van der Waals surface area contributed by atoms with Gasteiger partial charge in [-0.1, -0.05) is 18.2 Å². The van der Waals surface area contributed by atoms with Gasteiger partial charge in [0.05, 0.1) is 6.61 Å². The summed E-state index contributed by atoms with van der Waals surface area (Å²) in [5.74, 6) is 2.67. The molecule has 0 spiro atoms. The first-order valence-corrected chi connectivity index (χ1v) is 7.71. The van der Waals surface area contributed by atoms with Crippen molar-refractivity contribution in [3.05, 3.63) is 47.5 Å². The van der Waals surface area contributed by atoms with Crippen LogP contribution in [0.4, 0.5) is 0 Å². The zero-order valence-corrected chi connectivity index (χ0v) is 12.8. The van der Waals surface area contributed by atoms with Crippen LogP contribution < -0.4 is 4.74 Å². The molecule has 1 aromatic heterocycles. The van der Waals surface area contributed by atoms with Crippen LogP contribution in [0, 0.1) is 6.92 Å². The summed E-state index contributed by atoms with van der Waals surface area (Å²) in [5, 5.41) is 0. The third-order valence-electron chi connectivity index (χ3n) is 4.05. The van der Waals surface area contributed by atoms with Gasteiger partial charge in [0.15, 0.2) is 0 Å². The van der Waals surface area contributed by atoms with Crippen LogP contribution in [-0.2, 0) is 6.54 Å². The van der Waals surface area contributed by atoms with Crippen LogP contribution in [0.2, 0.25) is 0 Å². The zero-order valence-electron chi connectivity index (χ0n) is 12.8. The monoisotopic (exact) mass is 285 g/mol. The van der Waals surface area contributed by atoms with E-state index in [2.05, 4.69) is 40.0 Å². The van der Waals surface area contributed by atoms with Crippen molar-refractivity contribution < 1.29 is 4.74 Å². The Hall–Kier alpha value is -1.81. The normalized spacial score (nSPS) is 19.0. The molecule has 0 saturated carbocycles.